The number of aromatic amines is 1. The second kappa shape index (κ2) is 7.20. The molecule has 2 aromatic rings. The molecule has 3 rings (SSSR count). The van der Waals surface area contributed by atoms with Gasteiger partial charge in [-0.1, -0.05) is 12.1 Å². The van der Waals surface area contributed by atoms with Gasteiger partial charge in [-0.15, -0.1) is 0 Å². The third-order valence-electron chi connectivity index (χ3n) is 5.31. The molecule has 29 heavy (non-hydrogen) atoms. The molecule has 2 heterocycles. The highest BCUT2D eigenvalue weighted by molar-refractivity contribution is 6.12. The molecule has 0 aliphatic carbocycles. The Morgan fingerprint density at radius 3 is 2.28 bits per heavy atom. The number of methoxy groups -OCH3 is 1. The van der Waals surface area contributed by atoms with Gasteiger partial charge in [0.15, 0.2) is 11.6 Å². The molecule has 1 unspecified atom stereocenters. The molecular weight excluding hydrogens is 374 g/mol. The molecular formula is C21H23N3O5. The van der Waals surface area contributed by atoms with Gasteiger partial charge in [-0.2, -0.15) is 0 Å². The lowest BCUT2D eigenvalue weighted by Gasteiger charge is -2.22. The standard InChI is InChI=1S/C21H23N3O5/c1-11-17(13(3)25)12(2)22-18(11)16(26)10-24-19(27)21(4,23-20(24)28)14-6-8-15(29-5)9-7-14/h6-9,22H,10H2,1-5H3,(H,23,28). The Hall–Kier alpha value is -3.42. The fourth-order valence-corrected chi connectivity index (χ4v) is 3.74. The van der Waals surface area contributed by atoms with Gasteiger partial charge in [-0.25, -0.2) is 4.79 Å². The van der Waals surface area contributed by atoms with E-state index in [4.69, 9.17) is 4.74 Å². The van der Waals surface area contributed by atoms with E-state index < -0.39 is 29.8 Å². The van der Waals surface area contributed by atoms with Crippen LogP contribution in [-0.4, -0.2) is 47.0 Å². The molecule has 1 aromatic carbocycles. The van der Waals surface area contributed by atoms with Crippen molar-refractivity contribution in [2.75, 3.05) is 13.7 Å². The van der Waals surface area contributed by atoms with Gasteiger partial charge in [0.25, 0.3) is 5.91 Å². The molecule has 2 N–H and O–H groups in total. The minimum Gasteiger partial charge on any atom is -0.497 e. The van der Waals surface area contributed by atoms with Crippen molar-refractivity contribution < 1.29 is 23.9 Å². The average molecular weight is 397 g/mol. The van der Waals surface area contributed by atoms with Gasteiger partial charge in [-0.05, 0) is 51.0 Å². The number of urea groups is 1. The van der Waals surface area contributed by atoms with Crippen LogP contribution in [0.25, 0.3) is 0 Å². The first kappa shape index (κ1) is 20.3. The van der Waals surface area contributed by atoms with Gasteiger partial charge in [0.2, 0.25) is 0 Å². The molecule has 1 aliphatic rings. The molecule has 0 saturated carbocycles. The molecule has 8 heteroatoms. The van der Waals surface area contributed by atoms with Crippen molar-refractivity contribution in [2.24, 2.45) is 0 Å². The first-order valence-electron chi connectivity index (χ1n) is 9.12. The molecule has 1 aliphatic heterocycles. The summed E-state index contributed by atoms with van der Waals surface area (Å²) < 4.78 is 5.12. The zero-order valence-electron chi connectivity index (χ0n) is 17.0. The first-order chi connectivity index (χ1) is 13.6. The summed E-state index contributed by atoms with van der Waals surface area (Å²) >= 11 is 0. The van der Waals surface area contributed by atoms with E-state index >= 15 is 0 Å². The number of ketones is 2. The third-order valence-corrected chi connectivity index (χ3v) is 5.31. The van der Waals surface area contributed by atoms with Crippen molar-refractivity contribution in [3.05, 3.63) is 52.3 Å². The number of amides is 3. The predicted molar refractivity (Wildman–Crippen MR) is 105 cm³/mol. The Morgan fingerprint density at radius 2 is 1.76 bits per heavy atom. The highest BCUT2D eigenvalue weighted by Gasteiger charge is 2.49. The Kier molecular flexibility index (Phi) is 5.04. The number of aryl methyl sites for hydroxylation is 1. The van der Waals surface area contributed by atoms with Crippen LogP contribution in [-0.2, 0) is 10.3 Å². The summed E-state index contributed by atoms with van der Waals surface area (Å²) in [6, 6.07) is 6.14. The number of aromatic nitrogens is 1. The van der Waals surface area contributed by atoms with Crippen LogP contribution in [0.1, 0.15) is 51.5 Å². The normalized spacial score (nSPS) is 18.7. The number of hydrogen-bond acceptors (Lipinski definition) is 5. The van der Waals surface area contributed by atoms with E-state index in [9.17, 15) is 19.2 Å². The molecule has 0 radical (unpaired) electrons. The fourth-order valence-electron chi connectivity index (χ4n) is 3.74. The maximum atomic E-state index is 13.0. The number of imide groups is 1. The number of rotatable bonds is 6. The van der Waals surface area contributed by atoms with Crippen LogP contribution in [0.3, 0.4) is 0 Å². The summed E-state index contributed by atoms with van der Waals surface area (Å²) in [5.74, 6) is -0.494. The molecule has 1 aromatic heterocycles. The van der Waals surface area contributed by atoms with Crippen molar-refractivity contribution >= 4 is 23.5 Å². The molecule has 1 saturated heterocycles. The third kappa shape index (κ3) is 3.30. The molecule has 8 nitrogen and oxygen atoms in total. The predicted octanol–water partition coefficient (Wildman–Crippen LogP) is 2.49. The second-order valence-electron chi connectivity index (χ2n) is 7.28. The van der Waals surface area contributed by atoms with E-state index in [2.05, 4.69) is 10.3 Å². The van der Waals surface area contributed by atoms with E-state index in [1.165, 1.54) is 14.0 Å². The Bertz CT molecular complexity index is 1020. The van der Waals surface area contributed by atoms with Crippen LogP contribution < -0.4 is 10.1 Å². The van der Waals surface area contributed by atoms with E-state index in [-0.39, 0.29) is 11.5 Å². The van der Waals surface area contributed by atoms with Crippen molar-refractivity contribution in [3.63, 3.8) is 0 Å². The molecule has 152 valence electrons. The monoisotopic (exact) mass is 397 g/mol. The number of nitrogens with zero attached hydrogens (tertiary/aromatic N) is 1. The minimum absolute atomic E-state index is 0.155. The van der Waals surface area contributed by atoms with Crippen LogP contribution in [0.2, 0.25) is 0 Å². The highest BCUT2D eigenvalue weighted by Crippen LogP contribution is 2.30. The maximum Gasteiger partial charge on any atom is 0.325 e. The molecule has 0 bridgehead atoms. The van der Waals surface area contributed by atoms with Crippen molar-refractivity contribution in [1.29, 1.82) is 0 Å². The number of benzene rings is 1. The summed E-state index contributed by atoms with van der Waals surface area (Å²) in [5.41, 5.74) is 1.08. The highest BCUT2D eigenvalue weighted by atomic mass is 16.5. The van der Waals surface area contributed by atoms with E-state index in [0.717, 1.165) is 4.90 Å². The lowest BCUT2D eigenvalue weighted by Crippen LogP contribution is -2.41. The quantitative estimate of drug-likeness (QED) is 0.575. The van der Waals surface area contributed by atoms with Gasteiger partial charge in [-0.3, -0.25) is 19.3 Å². The summed E-state index contributed by atoms with van der Waals surface area (Å²) in [5, 5.41) is 2.67. The van der Waals surface area contributed by atoms with Gasteiger partial charge >= 0.3 is 6.03 Å². The fraction of sp³-hybridized carbons (Fsp3) is 0.333. The van der Waals surface area contributed by atoms with Gasteiger partial charge in [0.05, 0.1) is 19.3 Å². The average Bonchev–Trinajstić information content (AvgIpc) is 3.09. The summed E-state index contributed by atoms with van der Waals surface area (Å²) in [6.07, 6.45) is 0. The molecule has 1 fully saturated rings. The van der Waals surface area contributed by atoms with Crippen molar-refractivity contribution in [3.8, 4) is 5.75 Å². The number of carbonyl (C=O) groups is 4. The molecule has 1 atom stereocenters. The van der Waals surface area contributed by atoms with Gasteiger partial charge in [0.1, 0.15) is 11.3 Å². The number of nitrogens with one attached hydrogen (secondary N) is 2. The van der Waals surface area contributed by atoms with E-state index in [1.807, 2.05) is 0 Å². The zero-order valence-corrected chi connectivity index (χ0v) is 17.0. The van der Waals surface area contributed by atoms with Crippen molar-refractivity contribution in [1.82, 2.24) is 15.2 Å². The Balaban J connectivity index is 1.86. The van der Waals surface area contributed by atoms with Crippen LogP contribution in [0, 0.1) is 13.8 Å². The maximum absolute atomic E-state index is 13.0. The summed E-state index contributed by atoms with van der Waals surface area (Å²) in [7, 11) is 1.54. The van der Waals surface area contributed by atoms with Crippen molar-refractivity contribution in [2.45, 2.75) is 33.2 Å². The largest absolute Gasteiger partial charge is 0.497 e. The van der Waals surface area contributed by atoms with Crippen LogP contribution >= 0.6 is 0 Å². The van der Waals surface area contributed by atoms with Crippen LogP contribution in [0.15, 0.2) is 24.3 Å². The smallest absolute Gasteiger partial charge is 0.325 e. The lowest BCUT2D eigenvalue weighted by molar-refractivity contribution is -0.130. The van der Waals surface area contributed by atoms with E-state index in [1.54, 1.807) is 45.0 Å². The second-order valence-corrected chi connectivity index (χ2v) is 7.28. The molecule has 0 spiro atoms. The zero-order chi connectivity index (χ0) is 21.5. The minimum atomic E-state index is -1.28. The SMILES string of the molecule is COc1ccc(C2(C)NC(=O)N(CC(=O)c3[nH]c(C)c(C(C)=O)c3C)C2=O)cc1. The van der Waals surface area contributed by atoms with Gasteiger partial charge < -0.3 is 15.0 Å². The lowest BCUT2D eigenvalue weighted by atomic mass is 9.92. The number of hydrogen-bond donors (Lipinski definition) is 2. The van der Waals surface area contributed by atoms with Crippen LogP contribution in [0.4, 0.5) is 4.79 Å². The van der Waals surface area contributed by atoms with Gasteiger partial charge in [0, 0.05) is 11.3 Å². The number of ether oxygens (including phenoxy) is 1. The topological polar surface area (TPSA) is 109 Å². The number of H-pyrrole nitrogens is 1. The first-order valence-corrected chi connectivity index (χ1v) is 9.12. The Labute approximate surface area is 168 Å². The molecule has 3 amide bonds. The summed E-state index contributed by atoms with van der Waals surface area (Å²) in [4.78, 5) is 53.9. The summed E-state index contributed by atoms with van der Waals surface area (Å²) in [6.45, 7) is 5.97. The van der Waals surface area contributed by atoms with Crippen LogP contribution in [0.5, 0.6) is 5.75 Å². The Morgan fingerprint density at radius 1 is 1.14 bits per heavy atom. The van der Waals surface area contributed by atoms with E-state index in [0.29, 0.717) is 28.1 Å². The number of Topliss-reactive ketones (excluding diaryl/α,β-unsaturated/α-hetero) is 2. The number of carbonyl (C=O) groups excluding carboxylic acids is 4.